The van der Waals surface area contributed by atoms with Gasteiger partial charge in [-0.05, 0) is 68.1 Å². The number of hydrogen-bond donors (Lipinski definition) is 1. The Balaban J connectivity index is 1.43. The van der Waals surface area contributed by atoms with Gasteiger partial charge in [-0.3, -0.25) is 14.5 Å². The second-order valence-corrected chi connectivity index (χ2v) is 9.92. The molecule has 0 aromatic heterocycles. The molecule has 4 rings (SSSR count). The summed E-state index contributed by atoms with van der Waals surface area (Å²) < 4.78 is 0. The van der Waals surface area contributed by atoms with Gasteiger partial charge in [0.25, 0.3) is 5.91 Å². The van der Waals surface area contributed by atoms with Crippen molar-refractivity contribution in [3.8, 4) is 6.07 Å². The zero-order valence-corrected chi connectivity index (χ0v) is 20.6. The van der Waals surface area contributed by atoms with Gasteiger partial charge in [-0.15, -0.1) is 0 Å². The van der Waals surface area contributed by atoms with Crippen molar-refractivity contribution >= 4 is 29.1 Å². The van der Waals surface area contributed by atoms with Crippen molar-refractivity contribution in [3.05, 3.63) is 63.7 Å². The minimum absolute atomic E-state index is 0.174. The third-order valence-electron chi connectivity index (χ3n) is 7.08. The molecule has 2 amide bonds. The summed E-state index contributed by atoms with van der Waals surface area (Å²) in [7, 11) is 0. The van der Waals surface area contributed by atoms with Crippen LogP contribution >= 0.6 is 11.6 Å². The molecule has 6 nitrogen and oxygen atoms in total. The van der Waals surface area contributed by atoms with E-state index in [-0.39, 0.29) is 17.9 Å². The maximum atomic E-state index is 12.9. The van der Waals surface area contributed by atoms with E-state index in [9.17, 15) is 9.59 Å². The Kier molecular flexibility index (Phi) is 7.55. The van der Waals surface area contributed by atoms with Crippen LogP contribution in [0.15, 0.2) is 36.4 Å². The molecule has 2 aromatic rings. The first-order valence-electron chi connectivity index (χ1n) is 12.0. The molecule has 7 heteroatoms. The molecule has 1 aliphatic heterocycles. The van der Waals surface area contributed by atoms with E-state index in [1.54, 1.807) is 30.3 Å². The fourth-order valence-electron chi connectivity index (χ4n) is 5.11. The van der Waals surface area contributed by atoms with Crippen molar-refractivity contribution < 1.29 is 9.59 Å². The first-order valence-corrected chi connectivity index (χ1v) is 12.4. The van der Waals surface area contributed by atoms with Crippen LogP contribution in [0.1, 0.15) is 59.7 Å². The summed E-state index contributed by atoms with van der Waals surface area (Å²) in [6.45, 7) is 7.19. The lowest BCUT2D eigenvalue weighted by atomic mass is 10.0. The van der Waals surface area contributed by atoms with E-state index >= 15 is 0 Å². The number of hydrogen-bond acceptors (Lipinski definition) is 4. The lowest BCUT2D eigenvalue weighted by molar-refractivity contribution is -0.140. The van der Waals surface area contributed by atoms with E-state index in [4.69, 9.17) is 16.9 Å². The van der Waals surface area contributed by atoms with E-state index in [0.717, 1.165) is 43.6 Å². The maximum Gasteiger partial charge on any atom is 0.255 e. The smallest absolute Gasteiger partial charge is 0.255 e. The lowest BCUT2D eigenvalue weighted by Gasteiger charge is -2.41. The zero-order valence-electron chi connectivity index (χ0n) is 19.8. The molecular formula is C27H31ClN4O2. The minimum atomic E-state index is -0.277. The number of piperazine rings is 1. The van der Waals surface area contributed by atoms with E-state index in [2.05, 4.69) is 28.1 Å². The second kappa shape index (κ2) is 10.6. The molecule has 2 aliphatic rings. The normalized spacial score (nSPS) is 19.1. The fourth-order valence-corrected chi connectivity index (χ4v) is 5.35. The van der Waals surface area contributed by atoms with Crippen LogP contribution in [0.5, 0.6) is 0 Å². The largest absolute Gasteiger partial charge is 0.337 e. The monoisotopic (exact) mass is 478 g/mol. The summed E-state index contributed by atoms with van der Waals surface area (Å²) in [4.78, 5) is 30.1. The molecule has 1 unspecified atom stereocenters. The highest BCUT2D eigenvalue weighted by atomic mass is 35.5. The Bertz CT molecular complexity index is 1120. The molecule has 34 heavy (non-hydrogen) atoms. The van der Waals surface area contributed by atoms with Crippen molar-refractivity contribution in [1.29, 1.82) is 5.26 Å². The highest BCUT2D eigenvalue weighted by Crippen LogP contribution is 2.30. The van der Waals surface area contributed by atoms with Gasteiger partial charge in [-0.2, -0.15) is 5.26 Å². The molecule has 178 valence electrons. The van der Waals surface area contributed by atoms with Gasteiger partial charge in [-0.25, -0.2) is 0 Å². The molecule has 2 fully saturated rings. The summed E-state index contributed by atoms with van der Waals surface area (Å²) in [5.41, 5.74) is 3.55. The summed E-state index contributed by atoms with van der Waals surface area (Å²) in [5, 5.41) is 12.6. The number of nitriles is 1. The van der Waals surface area contributed by atoms with Crippen molar-refractivity contribution in [2.75, 3.05) is 25.0 Å². The van der Waals surface area contributed by atoms with Crippen LogP contribution in [0.25, 0.3) is 0 Å². The predicted octanol–water partition coefficient (Wildman–Crippen LogP) is 5.00. The quantitative estimate of drug-likeness (QED) is 0.656. The number of amides is 2. The highest BCUT2D eigenvalue weighted by molar-refractivity contribution is 6.31. The van der Waals surface area contributed by atoms with Crippen molar-refractivity contribution in [3.63, 3.8) is 0 Å². The van der Waals surface area contributed by atoms with Gasteiger partial charge in [-0.1, -0.05) is 30.5 Å². The fraction of sp³-hybridized carbons (Fsp3) is 0.444. The first-order chi connectivity index (χ1) is 16.4. The number of rotatable bonds is 5. The van der Waals surface area contributed by atoms with Gasteiger partial charge in [0.05, 0.1) is 11.6 Å². The second-order valence-electron chi connectivity index (χ2n) is 9.48. The van der Waals surface area contributed by atoms with E-state index in [1.807, 2.05) is 13.0 Å². The molecular weight excluding hydrogens is 448 g/mol. The number of halogens is 1. The van der Waals surface area contributed by atoms with Gasteiger partial charge in [0.15, 0.2) is 0 Å². The Morgan fingerprint density at radius 3 is 2.65 bits per heavy atom. The van der Waals surface area contributed by atoms with Crippen LogP contribution in [-0.4, -0.2) is 47.3 Å². The average molecular weight is 479 g/mol. The summed E-state index contributed by atoms with van der Waals surface area (Å²) in [6, 6.07) is 12.6. The van der Waals surface area contributed by atoms with Crippen molar-refractivity contribution in [2.45, 2.75) is 52.1 Å². The third-order valence-corrected chi connectivity index (χ3v) is 7.29. The maximum absolute atomic E-state index is 12.9. The Labute approximate surface area is 206 Å². The molecule has 0 spiro atoms. The van der Waals surface area contributed by atoms with E-state index in [0.29, 0.717) is 34.3 Å². The Hall–Kier alpha value is -2.88. The van der Waals surface area contributed by atoms with Crippen LogP contribution in [0.2, 0.25) is 5.02 Å². The standard InChI is InChI=1S/C27H31ClN4O2/c1-18-16-31(10-11-32(18)27(34)21-7-3-4-8-21)17-23-13-24(28)14-25(19(23)2)30-26(33)22-9-5-6-20(12-22)15-29/h5-6,9,12-14,18,21H,3-4,7-8,10-11,16-17H2,1-2H3,(H,30,33). The molecule has 1 saturated heterocycles. The molecule has 0 radical (unpaired) electrons. The van der Waals surface area contributed by atoms with Crippen LogP contribution in [0.3, 0.4) is 0 Å². The molecule has 1 heterocycles. The number of anilines is 1. The highest BCUT2D eigenvalue weighted by Gasteiger charge is 2.33. The lowest BCUT2D eigenvalue weighted by Crippen LogP contribution is -2.54. The van der Waals surface area contributed by atoms with Crippen LogP contribution in [0, 0.1) is 24.2 Å². The minimum Gasteiger partial charge on any atom is -0.337 e. The molecule has 1 saturated carbocycles. The topological polar surface area (TPSA) is 76.4 Å². The summed E-state index contributed by atoms with van der Waals surface area (Å²) >= 11 is 6.42. The van der Waals surface area contributed by atoms with Gasteiger partial charge < -0.3 is 10.2 Å². The van der Waals surface area contributed by atoms with E-state index < -0.39 is 0 Å². The first kappa shape index (κ1) is 24.3. The summed E-state index contributed by atoms with van der Waals surface area (Å²) in [5.74, 6) is 0.263. The zero-order chi connectivity index (χ0) is 24.2. The van der Waals surface area contributed by atoms with Crippen LogP contribution < -0.4 is 5.32 Å². The average Bonchev–Trinajstić information content (AvgIpc) is 3.37. The molecule has 1 atom stereocenters. The summed E-state index contributed by atoms with van der Waals surface area (Å²) in [6.07, 6.45) is 4.40. The number of nitrogens with one attached hydrogen (secondary N) is 1. The van der Waals surface area contributed by atoms with E-state index in [1.165, 1.54) is 12.8 Å². The van der Waals surface area contributed by atoms with Gasteiger partial charge in [0, 0.05) is 54.4 Å². The number of benzene rings is 2. The van der Waals surface area contributed by atoms with Gasteiger partial charge in [0.1, 0.15) is 0 Å². The van der Waals surface area contributed by atoms with Crippen LogP contribution in [-0.2, 0) is 11.3 Å². The number of nitrogens with zero attached hydrogens (tertiary/aromatic N) is 3. The number of carbonyl (C=O) groups is 2. The van der Waals surface area contributed by atoms with Crippen molar-refractivity contribution in [2.24, 2.45) is 5.92 Å². The third kappa shape index (κ3) is 5.43. The van der Waals surface area contributed by atoms with Gasteiger partial charge in [0.2, 0.25) is 5.91 Å². The molecule has 1 aliphatic carbocycles. The van der Waals surface area contributed by atoms with Crippen LogP contribution in [0.4, 0.5) is 5.69 Å². The molecule has 1 N–H and O–H groups in total. The molecule has 2 aromatic carbocycles. The van der Waals surface area contributed by atoms with Crippen molar-refractivity contribution in [1.82, 2.24) is 9.80 Å². The number of carbonyl (C=O) groups excluding carboxylic acids is 2. The molecule has 0 bridgehead atoms. The van der Waals surface area contributed by atoms with Gasteiger partial charge >= 0.3 is 0 Å². The Morgan fingerprint density at radius 1 is 1.18 bits per heavy atom. The predicted molar refractivity (Wildman–Crippen MR) is 134 cm³/mol. The Morgan fingerprint density at radius 2 is 1.94 bits per heavy atom. The SMILES string of the molecule is Cc1c(CN2CCN(C(=O)C3CCCC3)C(C)C2)cc(Cl)cc1NC(=O)c1cccc(C#N)c1.